The van der Waals surface area contributed by atoms with E-state index in [1.165, 1.54) is 0 Å². The Morgan fingerprint density at radius 1 is 1.55 bits per heavy atom. The number of nitrogens with two attached hydrogens (primary N) is 1. The number of amides is 1. The molecular formula is C15H25N3OS. The maximum Gasteiger partial charge on any atom is 0.266 e. The molecule has 0 spiro atoms. The standard InChI is InChI=1S/C15H25N3OS/c1-9(2)5-13-17-11(4)14(20-13)15(19)18-8-12(7-16)6-10(18)3/h9-10,12H,5-8,16H2,1-4H3. The quantitative estimate of drug-likeness (QED) is 0.928. The molecule has 1 aromatic heterocycles. The zero-order chi connectivity index (χ0) is 14.9. The molecule has 1 saturated heterocycles. The Labute approximate surface area is 125 Å². The highest BCUT2D eigenvalue weighted by Gasteiger charge is 2.33. The second-order valence-corrected chi connectivity index (χ2v) is 7.35. The van der Waals surface area contributed by atoms with Crippen LogP contribution in [0.1, 0.15) is 47.6 Å². The molecule has 0 saturated carbocycles. The fraction of sp³-hybridized carbons (Fsp3) is 0.733. The van der Waals surface area contributed by atoms with Crippen molar-refractivity contribution in [3.8, 4) is 0 Å². The monoisotopic (exact) mass is 295 g/mol. The van der Waals surface area contributed by atoms with Crippen LogP contribution in [0, 0.1) is 18.8 Å². The van der Waals surface area contributed by atoms with Crippen LogP contribution in [0.2, 0.25) is 0 Å². The topological polar surface area (TPSA) is 59.2 Å². The van der Waals surface area contributed by atoms with Gasteiger partial charge in [-0.3, -0.25) is 4.79 Å². The van der Waals surface area contributed by atoms with Crippen LogP contribution in [0.4, 0.5) is 0 Å². The molecule has 2 atom stereocenters. The first-order chi connectivity index (χ1) is 9.42. The van der Waals surface area contributed by atoms with Crippen molar-refractivity contribution in [1.29, 1.82) is 0 Å². The van der Waals surface area contributed by atoms with Crippen molar-refractivity contribution in [3.05, 3.63) is 15.6 Å². The molecule has 1 amide bonds. The maximum atomic E-state index is 12.7. The van der Waals surface area contributed by atoms with E-state index in [1.54, 1.807) is 11.3 Å². The minimum atomic E-state index is 0.137. The van der Waals surface area contributed by atoms with Gasteiger partial charge in [0.1, 0.15) is 4.88 Å². The van der Waals surface area contributed by atoms with Crippen LogP contribution in [0.15, 0.2) is 0 Å². The first-order valence-electron chi connectivity index (χ1n) is 7.39. The Hall–Kier alpha value is -0.940. The Morgan fingerprint density at radius 2 is 2.25 bits per heavy atom. The average molecular weight is 295 g/mol. The predicted molar refractivity (Wildman–Crippen MR) is 83.1 cm³/mol. The van der Waals surface area contributed by atoms with Gasteiger partial charge >= 0.3 is 0 Å². The summed E-state index contributed by atoms with van der Waals surface area (Å²) < 4.78 is 0. The summed E-state index contributed by atoms with van der Waals surface area (Å²) in [5.41, 5.74) is 6.61. The van der Waals surface area contributed by atoms with E-state index in [0.717, 1.165) is 35.0 Å². The van der Waals surface area contributed by atoms with Crippen LogP contribution in [-0.4, -0.2) is 34.9 Å². The van der Waals surface area contributed by atoms with Gasteiger partial charge in [-0.15, -0.1) is 11.3 Å². The molecule has 112 valence electrons. The smallest absolute Gasteiger partial charge is 0.266 e. The highest BCUT2D eigenvalue weighted by atomic mass is 32.1. The number of aromatic nitrogens is 1. The second kappa shape index (κ2) is 6.22. The van der Waals surface area contributed by atoms with Gasteiger partial charge in [-0.1, -0.05) is 13.8 Å². The molecule has 2 N–H and O–H groups in total. The van der Waals surface area contributed by atoms with Crippen molar-refractivity contribution in [2.75, 3.05) is 13.1 Å². The Kier molecular flexibility index (Phi) is 4.81. The third-order valence-electron chi connectivity index (χ3n) is 3.87. The highest BCUT2D eigenvalue weighted by Crippen LogP contribution is 2.28. The molecule has 2 heterocycles. The lowest BCUT2D eigenvalue weighted by Gasteiger charge is -2.20. The van der Waals surface area contributed by atoms with E-state index in [4.69, 9.17) is 5.73 Å². The largest absolute Gasteiger partial charge is 0.335 e. The van der Waals surface area contributed by atoms with Crippen molar-refractivity contribution in [2.24, 2.45) is 17.6 Å². The van der Waals surface area contributed by atoms with Crippen molar-refractivity contribution >= 4 is 17.2 Å². The average Bonchev–Trinajstić information content (AvgIpc) is 2.91. The summed E-state index contributed by atoms with van der Waals surface area (Å²) in [6.45, 7) is 9.84. The molecule has 1 aliphatic rings. The van der Waals surface area contributed by atoms with E-state index in [-0.39, 0.29) is 11.9 Å². The van der Waals surface area contributed by atoms with Crippen molar-refractivity contribution < 1.29 is 4.79 Å². The van der Waals surface area contributed by atoms with Crippen LogP contribution in [0.25, 0.3) is 0 Å². The predicted octanol–water partition coefficient (Wildman–Crippen LogP) is 2.46. The lowest BCUT2D eigenvalue weighted by Crippen LogP contribution is -2.34. The molecule has 20 heavy (non-hydrogen) atoms. The van der Waals surface area contributed by atoms with Gasteiger partial charge in [0.2, 0.25) is 0 Å². The van der Waals surface area contributed by atoms with E-state index < -0.39 is 0 Å². The Bertz CT molecular complexity index is 483. The van der Waals surface area contributed by atoms with Gasteiger partial charge in [0.25, 0.3) is 5.91 Å². The van der Waals surface area contributed by atoms with Crippen LogP contribution in [0.3, 0.4) is 0 Å². The molecule has 2 unspecified atom stereocenters. The third-order valence-corrected chi connectivity index (χ3v) is 5.04. The van der Waals surface area contributed by atoms with Crippen LogP contribution < -0.4 is 5.73 Å². The zero-order valence-corrected chi connectivity index (χ0v) is 13.7. The zero-order valence-electron chi connectivity index (χ0n) is 12.8. The molecule has 1 aliphatic heterocycles. The summed E-state index contributed by atoms with van der Waals surface area (Å²) in [5.74, 6) is 1.15. The third kappa shape index (κ3) is 3.20. The number of carbonyl (C=O) groups excluding carboxylic acids is 1. The maximum absolute atomic E-state index is 12.7. The lowest BCUT2D eigenvalue weighted by molar-refractivity contribution is 0.0747. The van der Waals surface area contributed by atoms with Gasteiger partial charge in [-0.2, -0.15) is 0 Å². The molecule has 5 heteroatoms. The number of thiazole rings is 1. The number of hydrogen-bond acceptors (Lipinski definition) is 4. The molecular weight excluding hydrogens is 270 g/mol. The van der Waals surface area contributed by atoms with Gasteiger partial charge in [0.05, 0.1) is 10.7 Å². The number of rotatable bonds is 4. The van der Waals surface area contributed by atoms with Gasteiger partial charge in [-0.25, -0.2) is 4.98 Å². The van der Waals surface area contributed by atoms with E-state index in [9.17, 15) is 4.79 Å². The summed E-state index contributed by atoms with van der Waals surface area (Å²) in [7, 11) is 0. The van der Waals surface area contributed by atoms with E-state index in [1.807, 2.05) is 11.8 Å². The first-order valence-corrected chi connectivity index (χ1v) is 8.21. The van der Waals surface area contributed by atoms with Crippen molar-refractivity contribution in [1.82, 2.24) is 9.88 Å². The fourth-order valence-corrected chi connectivity index (χ4v) is 4.05. The van der Waals surface area contributed by atoms with E-state index >= 15 is 0 Å². The van der Waals surface area contributed by atoms with Crippen molar-refractivity contribution in [2.45, 2.75) is 46.6 Å². The van der Waals surface area contributed by atoms with Gasteiger partial charge in [0.15, 0.2) is 0 Å². The number of nitrogens with zero attached hydrogens (tertiary/aromatic N) is 2. The van der Waals surface area contributed by atoms with Crippen molar-refractivity contribution in [3.63, 3.8) is 0 Å². The Morgan fingerprint density at radius 3 is 2.80 bits per heavy atom. The summed E-state index contributed by atoms with van der Waals surface area (Å²) >= 11 is 1.56. The minimum absolute atomic E-state index is 0.137. The molecule has 0 bridgehead atoms. The Balaban J connectivity index is 2.15. The number of hydrogen-bond donors (Lipinski definition) is 1. The normalized spacial score (nSPS) is 22.8. The molecule has 0 radical (unpaired) electrons. The highest BCUT2D eigenvalue weighted by molar-refractivity contribution is 7.13. The van der Waals surface area contributed by atoms with E-state index in [2.05, 4.69) is 25.8 Å². The fourth-order valence-electron chi connectivity index (χ4n) is 2.81. The number of carbonyl (C=O) groups is 1. The molecule has 0 aliphatic carbocycles. The summed E-state index contributed by atoms with van der Waals surface area (Å²) in [6, 6.07) is 0.283. The summed E-state index contributed by atoms with van der Waals surface area (Å²) in [5, 5.41) is 1.07. The lowest BCUT2D eigenvalue weighted by atomic mass is 10.1. The van der Waals surface area contributed by atoms with Gasteiger partial charge in [0, 0.05) is 19.0 Å². The van der Waals surface area contributed by atoms with Crippen LogP contribution in [0.5, 0.6) is 0 Å². The summed E-state index contributed by atoms with van der Waals surface area (Å²) in [6.07, 6.45) is 1.96. The number of likely N-dealkylation sites (tertiary alicyclic amines) is 1. The molecule has 1 aromatic rings. The molecule has 1 fully saturated rings. The molecule has 4 nitrogen and oxygen atoms in total. The first kappa shape index (κ1) is 15.4. The van der Waals surface area contributed by atoms with Gasteiger partial charge < -0.3 is 10.6 Å². The van der Waals surface area contributed by atoms with Crippen LogP contribution >= 0.6 is 11.3 Å². The SMILES string of the molecule is Cc1nc(CC(C)C)sc1C(=O)N1CC(CN)CC1C. The second-order valence-electron chi connectivity index (χ2n) is 6.26. The number of aryl methyl sites for hydroxylation is 1. The molecule has 2 rings (SSSR count). The van der Waals surface area contributed by atoms with Crippen LogP contribution in [-0.2, 0) is 6.42 Å². The summed E-state index contributed by atoms with van der Waals surface area (Å²) in [4.78, 5) is 20.0. The minimum Gasteiger partial charge on any atom is -0.335 e. The van der Waals surface area contributed by atoms with Gasteiger partial charge in [-0.05, 0) is 38.6 Å². The van der Waals surface area contributed by atoms with E-state index in [0.29, 0.717) is 18.4 Å². The molecule has 0 aromatic carbocycles.